The molecule has 0 aliphatic carbocycles. The van der Waals surface area contributed by atoms with E-state index in [9.17, 15) is 4.79 Å². The van der Waals surface area contributed by atoms with Crippen LogP contribution in [0, 0.1) is 0 Å². The zero-order valence-corrected chi connectivity index (χ0v) is 11.4. The van der Waals surface area contributed by atoms with Gasteiger partial charge in [-0.25, -0.2) is 0 Å². The summed E-state index contributed by atoms with van der Waals surface area (Å²) >= 11 is 11.8. The van der Waals surface area contributed by atoms with Crippen LogP contribution in [0.4, 0.5) is 0 Å². The third-order valence-electron chi connectivity index (χ3n) is 2.39. The van der Waals surface area contributed by atoms with Crippen molar-refractivity contribution in [2.45, 2.75) is 6.54 Å². The Balaban J connectivity index is 1.92. The zero-order chi connectivity index (χ0) is 13.7. The van der Waals surface area contributed by atoms with Gasteiger partial charge in [0.1, 0.15) is 5.76 Å². The van der Waals surface area contributed by atoms with Crippen LogP contribution in [0.5, 0.6) is 0 Å². The van der Waals surface area contributed by atoms with Crippen molar-refractivity contribution in [2.75, 3.05) is 0 Å². The van der Waals surface area contributed by atoms with Gasteiger partial charge in [-0.05, 0) is 35.9 Å². The van der Waals surface area contributed by atoms with E-state index in [-0.39, 0.29) is 5.91 Å². The Hall–Kier alpha value is -1.71. The van der Waals surface area contributed by atoms with Crippen LogP contribution in [-0.4, -0.2) is 5.91 Å². The van der Waals surface area contributed by atoms with Gasteiger partial charge >= 0.3 is 0 Å². The number of rotatable bonds is 4. The molecule has 2 aromatic rings. The fraction of sp³-hybridized carbons (Fsp3) is 0.0714. The highest BCUT2D eigenvalue weighted by Gasteiger charge is 2.00. The Morgan fingerprint density at radius 2 is 2.16 bits per heavy atom. The van der Waals surface area contributed by atoms with Crippen molar-refractivity contribution in [3.63, 3.8) is 0 Å². The van der Waals surface area contributed by atoms with Gasteiger partial charge in [0.15, 0.2) is 0 Å². The number of nitrogens with one attached hydrogen (secondary N) is 1. The monoisotopic (exact) mass is 295 g/mol. The van der Waals surface area contributed by atoms with E-state index in [1.54, 1.807) is 42.7 Å². The van der Waals surface area contributed by atoms with Gasteiger partial charge in [-0.1, -0.05) is 29.3 Å². The van der Waals surface area contributed by atoms with Gasteiger partial charge in [-0.15, -0.1) is 0 Å². The summed E-state index contributed by atoms with van der Waals surface area (Å²) in [6.07, 6.45) is 4.61. The second-order valence-electron chi connectivity index (χ2n) is 3.80. The molecule has 1 aromatic heterocycles. The molecule has 1 heterocycles. The van der Waals surface area contributed by atoms with Crippen molar-refractivity contribution in [1.29, 1.82) is 0 Å². The molecule has 0 fully saturated rings. The van der Waals surface area contributed by atoms with E-state index in [1.807, 2.05) is 0 Å². The molecule has 1 amide bonds. The van der Waals surface area contributed by atoms with Crippen LogP contribution >= 0.6 is 23.2 Å². The number of halogens is 2. The summed E-state index contributed by atoms with van der Waals surface area (Å²) in [6.45, 7) is 0.352. The Bertz CT molecular complexity index is 591. The Kier molecular flexibility index (Phi) is 4.66. The molecule has 1 aromatic carbocycles. The molecular formula is C14H11Cl2NO2. The molecule has 0 spiro atoms. The van der Waals surface area contributed by atoms with Crippen molar-refractivity contribution in [3.05, 3.63) is 64.0 Å². The second kappa shape index (κ2) is 6.45. The number of amides is 1. The lowest BCUT2D eigenvalue weighted by atomic mass is 10.2. The molecule has 0 aliphatic rings. The minimum Gasteiger partial charge on any atom is -0.467 e. The minimum absolute atomic E-state index is 0.220. The maximum Gasteiger partial charge on any atom is 0.244 e. The molecular weight excluding hydrogens is 285 g/mol. The number of carbonyl (C=O) groups excluding carboxylic acids is 1. The predicted octanol–water partition coefficient (Wildman–Crippen LogP) is 3.92. The van der Waals surface area contributed by atoms with Crippen molar-refractivity contribution >= 4 is 35.2 Å². The average Bonchev–Trinajstić information content (AvgIpc) is 2.88. The number of carbonyl (C=O) groups is 1. The molecule has 1 N–H and O–H groups in total. The Labute approximate surface area is 120 Å². The van der Waals surface area contributed by atoms with E-state index in [2.05, 4.69) is 5.32 Å². The first-order valence-corrected chi connectivity index (χ1v) is 6.34. The molecule has 0 saturated carbocycles. The molecule has 98 valence electrons. The number of hydrogen-bond acceptors (Lipinski definition) is 2. The van der Waals surface area contributed by atoms with Crippen molar-refractivity contribution < 1.29 is 9.21 Å². The van der Waals surface area contributed by atoms with Gasteiger partial charge in [0.2, 0.25) is 5.91 Å². The normalized spacial score (nSPS) is 10.8. The van der Waals surface area contributed by atoms with Crippen molar-refractivity contribution in [1.82, 2.24) is 5.32 Å². The van der Waals surface area contributed by atoms with Crippen LogP contribution < -0.4 is 5.32 Å². The first-order chi connectivity index (χ1) is 9.15. The van der Waals surface area contributed by atoms with Gasteiger partial charge < -0.3 is 9.73 Å². The SMILES string of the molecule is O=C(C=Cc1ccc(Cl)cc1Cl)NCc1ccco1. The summed E-state index contributed by atoms with van der Waals surface area (Å²) < 4.78 is 5.10. The molecule has 3 nitrogen and oxygen atoms in total. The van der Waals surface area contributed by atoms with Crippen LogP contribution in [-0.2, 0) is 11.3 Å². The fourth-order valence-electron chi connectivity index (χ4n) is 1.45. The standard InChI is InChI=1S/C14H11Cl2NO2/c15-11-5-3-10(13(16)8-11)4-6-14(18)17-9-12-2-1-7-19-12/h1-8H,9H2,(H,17,18). The lowest BCUT2D eigenvalue weighted by molar-refractivity contribution is -0.116. The number of hydrogen-bond donors (Lipinski definition) is 1. The molecule has 0 atom stereocenters. The largest absolute Gasteiger partial charge is 0.467 e. The maximum absolute atomic E-state index is 11.6. The summed E-state index contributed by atoms with van der Waals surface area (Å²) in [6, 6.07) is 8.66. The fourth-order valence-corrected chi connectivity index (χ4v) is 1.92. The van der Waals surface area contributed by atoms with Crippen LogP contribution in [0.15, 0.2) is 47.1 Å². The molecule has 19 heavy (non-hydrogen) atoms. The van der Waals surface area contributed by atoms with Gasteiger partial charge in [-0.2, -0.15) is 0 Å². The van der Waals surface area contributed by atoms with E-state index in [1.165, 1.54) is 6.08 Å². The van der Waals surface area contributed by atoms with Gasteiger partial charge in [0, 0.05) is 16.1 Å². The highest BCUT2D eigenvalue weighted by Crippen LogP contribution is 2.21. The zero-order valence-electron chi connectivity index (χ0n) is 9.90. The lowest BCUT2D eigenvalue weighted by Crippen LogP contribution is -2.19. The summed E-state index contributed by atoms with van der Waals surface area (Å²) in [5, 5.41) is 3.76. The number of benzene rings is 1. The lowest BCUT2D eigenvalue weighted by Gasteiger charge is -2.00. The van der Waals surface area contributed by atoms with Crippen LogP contribution in [0.25, 0.3) is 6.08 Å². The Morgan fingerprint density at radius 3 is 2.84 bits per heavy atom. The van der Waals surface area contributed by atoms with E-state index >= 15 is 0 Å². The first kappa shape index (κ1) is 13.7. The van der Waals surface area contributed by atoms with Crippen molar-refractivity contribution in [3.8, 4) is 0 Å². The molecule has 5 heteroatoms. The molecule has 0 unspecified atom stereocenters. The van der Waals surface area contributed by atoms with Gasteiger partial charge in [0.05, 0.1) is 12.8 Å². The van der Waals surface area contributed by atoms with E-state index in [0.717, 1.165) is 5.56 Å². The third-order valence-corrected chi connectivity index (χ3v) is 2.96. The van der Waals surface area contributed by atoms with Crippen LogP contribution in [0.1, 0.15) is 11.3 Å². The summed E-state index contributed by atoms with van der Waals surface area (Å²) in [5.41, 5.74) is 0.735. The predicted molar refractivity (Wildman–Crippen MR) is 76.1 cm³/mol. The Morgan fingerprint density at radius 1 is 1.32 bits per heavy atom. The quantitative estimate of drug-likeness (QED) is 0.869. The third kappa shape index (κ3) is 4.16. The highest BCUT2D eigenvalue weighted by atomic mass is 35.5. The highest BCUT2D eigenvalue weighted by molar-refractivity contribution is 6.35. The summed E-state index contributed by atoms with van der Waals surface area (Å²) in [7, 11) is 0. The van der Waals surface area contributed by atoms with Crippen LogP contribution in [0.3, 0.4) is 0 Å². The smallest absolute Gasteiger partial charge is 0.244 e. The second-order valence-corrected chi connectivity index (χ2v) is 4.64. The minimum atomic E-state index is -0.220. The molecule has 0 bridgehead atoms. The molecule has 0 aliphatic heterocycles. The van der Waals surface area contributed by atoms with Crippen LogP contribution in [0.2, 0.25) is 10.0 Å². The molecule has 2 rings (SSSR count). The first-order valence-electron chi connectivity index (χ1n) is 5.58. The van der Waals surface area contributed by atoms with E-state index in [0.29, 0.717) is 22.4 Å². The topological polar surface area (TPSA) is 42.2 Å². The van der Waals surface area contributed by atoms with Crippen molar-refractivity contribution in [2.24, 2.45) is 0 Å². The number of furan rings is 1. The maximum atomic E-state index is 11.6. The molecule has 0 radical (unpaired) electrons. The summed E-state index contributed by atoms with van der Waals surface area (Å²) in [5.74, 6) is 0.480. The molecule has 0 saturated heterocycles. The van der Waals surface area contributed by atoms with Gasteiger partial charge in [0.25, 0.3) is 0 Å². The summed E-state index contributed by atoms with van der Waals surface area (Å²) in [4.78, 5) is 11.6. The van der Waals surface area contributed by atoms with E-state index < -0.39 is 0 Å². The van der Waals surface area contributed by atoms with E-state index in [4.69, 9.17) is 27.6 Å². The van der Waals surface area contributed by atoms with Gasteiger partial charge in [-0.3, -0.25) is 4.79 Å². The average molecular weight is 296 g/mol.